The maximum absolute atomic E-state index is 11.8. The second-order valence-corrected chi connectivity index (χ2v) is 4.75. The number of aromatic nitrogens is 2. The van der Waals surface area contributed by atoms with E-state index in [0.717, 1.165) is 0 Å². The van der Waals surface area contributed by atoms with Gasteiger partial charge in [0, 0.05) is 11.6 Å². The highest BCUT2D eigenvalue weighted by atomic mass is 16.5. The van der Waals surface area contributed by atoms with E-state index in [4.69, 9.17) is 19.9 Å². The average Bonchev–Trinajstić information content (AvgIpc) is 2.90. The van der Waals surface area contributed by atoms with Crippen LogP contribution in [0, 0.1) is 0 Å². The smallest absolute Gasteiger partial charge is 0.275 e. The van der Waals surface area contributed by atoms with Crippen LogP contribution in [0.15, 0.2) is 30.5 Å². The molecule has 0 atom stereocenters. The van der Waals surface area contributed by atoms with Crippen LogP contribution in [0.1, 0.15) is 29.8 Å². The number of rotatable bonds is 6. The summed E-state index contributed by atoms with van der Waals surface area (Å²) in [6.45, 7) is 3.70. The summed E-state index contributed by atoms with van der Waals surface area (Å²) in [6, 6.07) is 6.37. The van der Waals surface area contributed by atoms with Crippen molar-refractivity contribution in [3.8, 4) is 11.6 Å². The predicted molar refractivity (Wildman–Crippen MR) is 75.2 cm³/mol. The third kappa shape index (κ3) is 3.67. The molecule has 118 valence electrons. The van der Waals surface area contributed by atoms with Gasteiger partial charge in [-0.25, -0.2) is 5.48 Å². The van der Waals surface area contributed by atoms with Gasteiger partial charge in [0.05, 0.1) is 17.9 Å². The quantitative estimate of drug-likeness (QED) is 0.425. The first-order valence-electron chi connectivity index (χ1n) is 6.62. The second-order valence-electron chi connectivity index (χ2n) is 4.75. The number of hydrogen-bond donors (Lipinski definition) is 3. The predicted octanol–water partition coefficient (Wildman–Crippen LogP) is 1.61. The molecule has 0 aliphatic heterocycles. The van der Waals surface area contributed by atoms with Gasteiger partial charge < -0.3 is 14.7 Å². The van der Waals surface area contributed by atoms with Gasteiger partial charge >= 0.3 is 0 Å². The van der Waals surface area contributed by atoms with E-state index in [0.29, 0.717) is 16.2 Å². The lowest BCUT2D eigenvalue weighted by atomic mass is 10.1. The highest BCUT2D eigenvalue weighted by molar-refractivity contribution is 5.95. The number of carbonyl (C=O) groups is 1. The van der Waals surface area contributed by atoms with Gasteiger partial charge in [-0.3, -0.25) is 10.0 Å². The van der Waals surface area contributed by atoms with Crippen molar-refractivity contribution in [3.05, 3.63) is 41.6 Å². The Morgan fingerprint density at radius 2 is 2.18 bits per heavy atom. The zero-order valence-electron chi connectivity index (χ0n) is 12.2. The maximum atomic E-state index is 11.8. The minimum absolute atomic E-state index is 0.0113. The van der Waals surface area contributed by atoms with Crippen LogP contribution >= 0.6 is 0 Å². The minimum atomic E-state index is -0.666. The third-order valence-corrected chi connectivity index (χ3v) is 2.76. The monoisotopic (exact) mass is 307 g/mol. The average molecular weight is 307 g/mol. The largest absolute Gasteiger partial charge is 0.491 e. The van der Waals surface area contributed by atoms with Crippen LogP contribution < -0.4 is 15.0 Å². The van der Waals surface area contributed by atoms with E-state index in [-0.39, 0.29) is 24.2 Å². The van der Waals surface area contributed by atoms with Crippen LogP contribution in [0.25, 0.3) is 0 Å². The standard InChI is InChI=1S/C14H17N3O5/c1-9(2)22-12-5-3-4-10(14(18)16-19)11(12)8-21-13-6-7-17(20)15-13/h3-7,9,19-20H,8H2,1-2H3,(H,16,18). The molecule has 3 N–H and O–H groups in total. The van der Waals surface area contributed by atoms with E-state index in [1.54, 1.807) is 23.7 Å². The Balaban J connectivity index is 2.29. The van der Waals surface area contributed by atoms with Crippen molar-refractivity contribution >= 4 is 5.91 Å². The molecule has 1 aromatic carbocycles. The molecule has 8 nitrogen and oxygen atoms in total. The molecular weight excluding hydrogens is 290 g/mol. The van der Waals surface area contributed by atoms with Crippen LogP contribution in [-0.2, 0) is 6.61 Å². The SMILES string of the molecule is CC(C)Oc1cccc(C(=O)NO)c1COc1ccn(O)n1. The van der Waals surface area contributed by atoms with Gasteiger partial charge in [-0.05, 0) is 26.0 Å². The van der Waals surface area contributed by atoms with Crippen LogP contribution in [0.5, 0.6) is 11.6 Å². The Bertz CT molecular complexity index is 654. The molecule has 0 saturated carbocycles. The summed E-state index contributed by atoms with van der Waals surface area (Å²) >= 11 is 0. The summed E-state index contributed by atoms with van der Waals surface area (Å²) in [4.78, 5) is 12.4. The van der Waals surface area contributed by atoms with Crippen LogP contribution in [0.2, 0.25) is 0 Å². The molecule has 0 radical (unpaired) electrons. The number of nitrogens with one attached hydrogen (secondary N) is 1. The zero-order valence-corrected chi connectivity index (χ0v) is 12.2. The highest BCUT2D eigenvalue weighted by Gasteiger charge is 2.17. The van der Waals surface area contributed by atoms with Gasteiger partial charge in [0.1, 0.15) is 12.4 Å². The zero-order chi connectivity index (χ0) is 16.1. The highest BCUT2D eigenvalue weighted by Crippen LogP contribution is 2.25. The molecule has 0 saturated heterocycles. The molecule has 2 aromatic rings. The van der Waals surface area contributed by atoms with Crippen molar-refractivity contribution in [1.82, 2.24) is 15.4 Å². The van der Waals surface area contributed by atoms with Crippen LogP contribution in [-0.4, -0.2) is 32.4 Å². The van der Waals surface area contributed by atoms with Crippen molar-refractivity contribution in [2.45, 2.75) is 26.6 Å². The van der Waals surface area contributed by atoms with Crippen molar-refractivity contribution in [1.29, 1.82) is 0 Å². The van der Waals surface area contributed by atoms with Gasteiger partial charge in [0.25, 0.3) is 5.91 Å². The summed E-state index contributed by atoms with van der Waals surface area (Å²) in [5.74, 6) is -0.00256. The van der Waals surface area contributed by atoms with Crippen molar-refractivity contribution in [2.24, 2.45) is 0 Å². The number of benzene rings is 1. The molecule has 0 aliphatic rings. The maximum Gasteiger partial charge on any atom is 0.275 e. The first-order valence-corrected chi connectivity index (χ1v) is 6.62. The minimum Gasteiger partial charge on any atom is -0.491 e. The van der Waals surface area contributed by atoms with E-state index < -0.39 is 5.91 Å². The molecular formula is C14H17N3O5. The fourth-order valence-corrected chi connectivity index (χ4v) is 1.87. The molecule has 1 aromatic heterocycles. The van der Waals surface area contributed by atoms with Gasteiger partial charge in [0.15, 0.2) is 0 Å². The van der Waals surface area contributed by atoms with E-state index in [1.165, 1.54) is 12.3 Å². The molecule has 0 unspecified atom stereocenters. The number of hydroxylamine groups is 1. The third-order valence-electron chi connectivity index (χ3n) is 2.76. The first-order chi connectivity index (χ1) is 10.5. The van der Waals surface area contributed by atoms with E-state index in [9.17, 15) is 4.79 Å². The summed E-state index contributed by atoms with van der Waals surface area (Å²) in [6.07, 6.45) is 1.22. The fourth-order valence-electron chi connectivity index (χ4n) is 1.87. The fraction of sp³-hybridized carbons (Fsp3) is 0.286. The summed E-state index contributed by atoms with van der Waals surface area (Å²) in [5.41, 5.74) is 2.29. The Morgan fingerprint density at radius 3 is 2.77 bits per heavy atom. The lowest BCUT2D eigenvalue weighted by Crippen LogP contribution is -2.21. The number of carbonyl (C=O) groups excluding carboxylic acids is 1. The van der Waals surface area contributed by atoms with E-state index in [2.05, 4.69) is 5.10 Å². The summed E-state index contributed by atoms with van der Waals surface area (Å²) < 4.78 is 11.1. The van der Waals surface area contributed by atoms with Crippen molar-refractivity contribution in [3.63, 3.8) is 0 Å². The summed E-state index contributed by atoms with van der Waals surface area (Å²) in [7, 11) is 0. The van der Waals surface area contributed by atoms with Crippen molar-refractivity contribution in [2.75, 3.05) is 0 Å². The van der Waals surface area contributed by atoms with E-state index in [1.807, 2.05) is 13.8 Å². The van der Waals surface area contributed by atoms with E-state index >= 15 is 0 Å². The normalized spacial score (nSPS) is 10.5. The Kier molecular flexibility index (Phi) is 4.84. The van der Waals surface area contributed by atoms with Gasteiger partial charge in [-0.15, -0.1) is 4.85 Å². The second kappa shape index (κ2) is 6.81. The molecule has 0 aliphatic carbocycles. The van der Waals surface area contributed by atoms with Crippen molar-refractivity contribution < 1.29 is 24.7 Å². The lowest BCUT2D eigenvalue weighted by Gasteiger charge is -2.16. The number of hydrogen-bond acceptors (Lipinski definition) is 6. The van der Waals surface area contributed by atoms with Gasteiger partial charge in [-0.2, -0.15) is 0 Å². The topological polar surface area (TPSA) is 106 Å². The molecule has 22 heavy (non-hydrogen) atoms. The summed E-state index contributed by atoms with van der Waals surface area (Å²) in [5, 5.41) is 21.6. The number of ether oxygens (including phenoxy) is 2. The van der Waals surface area contributed by atoms with Crippen LogP contribution in [0.4, 0.5) is 0 Å². The van der Waals surface area contributed by atoms with Gasteiger partial charge in [-0.1, -0.05) is 11.2 Å². The Morgan fingerprint density at radius 1 is 1.41 bits per heavy atom. The first kappa shape index (κ1) is 15.6. The molecule has 1 heterocycles. The molecule has 8 heteroatoms. The molecule has 0 fully saturated rings. The Hall–Kier alpha value is -2.74. The van der Waals surface area contributed by atoms with Crippen LogP contribution in [0.3, 0.4) is 0 Å². The number of nitrogens with zero attached hydrogens (tertiary/aromatic N) is 2. The molecule has 1 amide bonds. The van der Waals surface area contributed by atoms with Gasteiger partial charge in [0.2, 0.25) is 5.88 Å². The Labute approximate surface area is 126 Å². The number of amides is 1. The molecule has 0 spiro atoms. The molecule has 0 bridgehead atoms. The molecule has 2 rings (SSSR count). The lowest BCUT2D eigenvalue weighted by molar-refractivity contribution is 0.0702.